The monoisotopic (exact) mass is 303 g/mol. The van der Waals surface area contributed by atoms with Gasteiger partial charge in [0.05, 0.1) is 12.1 Å². The van der Waals surface area contributed by atoms with Crippen LogP contribution in [0.15, 0.2) is 29.0 Å². The molecule has 0 spiro atoms. The lowest BCUT2D eigenvalue weighted by Gasteiger charge is -2.28. The third-order valence-corrected chi connectivity index (χ3v) is 3.79. The van der Waals surface area contributed by atoms with Crippen LogP contribution in [-0.2, 0) is 0 Å². The number of carboxylic acid groups (broad SMARTS) is 1. The van der Waals surface area contributed by atoms with Gasteiger partial charge < -0.3 is 19.9 Å². The number of anilines is 1. The Morgan fingerprint density at radius 3 is 2.91 bits per heavy atom. The molecule has 1 aliphatic rings. The lowest BCUT2D eigenvalue weighted by Crippen LogP contribution is -2.36. The molecule has 0 saturated heterocycles. The molecule has 7 heteroatoms. The van der Waals surface area contributed by atoms with Crippen LogP contribution in [0.3, 0.4) is 0 Å². The van der Waals surface area contributed by atoms with Crippen molar-refractivity contribution in [1.82, 2.24) is 9.97 Å². The fraction of sp³-hybridized carbons (Fsp3) is 0.400. The van der Waals surface area contributed by atoms with Gasteiger partial charge in [-0.3, -0.25) is 0 Å². The number of pyridine rings is 1. The van der Waals surface area contributed by atoms with Gasteiger partial charge in [-0.15, -0.1) is 0 Å². The van der Waals surface area contributed by atoms with Crippen LogP contribution in [0.2, 0.25) is 0 Å². The first-order valence-electron chi connectivity index (χ1n) is 7.23. The lowest BCUT2D eigenvalue weighted by atomic mass is 9.92. The highest BCUT2D eigenvalue weighted by Crippen LogP contribution is 2.24. The number of nitrogens with one attached hydrogen (secondary N) is 1. The zero-order valence-electron chi connectivity index (χ0n) is 11.9. The van der Waals surface area contributed by atoms with E-state index in [4.69, 9.17) is 9.52 Å². The number of hydrogen-bond donors (Lipinski definition) is 3. The van der Waals surface area contributed by atoms with E-state index in [0.29, 0.717) is 11.4 Å². The number of aromatic nitrogens is 2. The van der Waals surface area contributed by atoms with Crippen molar-refractivity contribution < 1.29 is 19.4 Å². The molecule has 116 valence electrons. The number of rotatable bonds is 4. The number of aliphatic hydroxyl groups excluding tert-OH is 1. The van der Waals surface area contributed by atoms with E-state index in [1.165, 1.54) is 0 Å². The number of aromatic carboxylic acids is 1. The second kappa shape index (κ2) is 6.15. The van der Waals surface area contributed by atoms with Crippen molar-refractivity contribution in [1.29, 1.82) is 0 Å². The Labute approximate surface area is 127 Å². The summed E-state index contributed by atoms with van der Waals surface area (Å²) in [7, 11) is 0. The van der Waals surface area contributed by atoms with Crippen molar-refractivity contribution in [3.8, 4) is 11.5 Å². The maximum absolute atomic E-state index is 10.8. The van der Waals surface area contributed by atoms with Gasteiger partial charge in [0.25, 0.3) is 0 Å². The Balaban J connectivity index is 1.78. The number of carbonyl (C=O) groups is 1. The van der Waals surface area contributed by atoms with Gasteiger partial charge in [-0.2, -0.15) is 0 Å². The van der Waals surface area contributed by atoms with Crippen molar-refractivity contribution in [3.05, 3.63) is 30.3 Å². The summed E-state index contributed by atoms with van der Waals surface area (Å²) in [6, 6.07) is 3.41. The molecule has 0 unspecified atom stereocenters. The average molecular weight is 303 g/mol. The van der Waals surface area contributed by atoms with E-state index in [1.807, 2.05) is 0 Å². The minimum absolute atomic E-state index is 0.0179. The van der Waals surface area contributed by atoms with E-state index in [9.17, 15) is 9.90 Å². The van der Waals surface area contributed by atoms with E-state index in [2.05, 4.69) is 15.3 Å². The largest absolute Gasteiger partial charge is 0.476 e. The van der Waals surface area contributed by atoms with Crippen LogP contribution in [0.1, 0.15) is 36.2 Å². The predicted molar refractivity (Wildman–Crippen MR) is 78.6 cm³/mol. The molecule has 3 rings (SSSR count). The maximum Gasteiger partial charge on any atom is 0.357 e. The summed E-state index contributed by atoms with van der Waals surface area (Å²) in [5, 5.41) is 22.1. The molecule has 1 saturated carbocycles. The highest BCUT2D eigenvalue weighted by Gasteiger charge is 2.23. The normalized spacial score (nSPS) is 21.5. The van der Waals surface area contributed by atoms with Gasteiger partial charge in [-0.1, -0.05) is 12.8 Å². The van der Waals surface area contributed by atoms with Gasteiger partial charge in [0.15, 0.2) is 5.69 Å². The van der Waals surface area contributed by atoms with E-state index in [-0.39, 0.29) is 23.7 Å². The molecule has 7 nitrogen and oxygen atoms in total. The smallest absolute Gasteiger partial charge is 0.357 e. The molecule has 22 heavy (non-hydrogen) atoms. The van der Waals surface area contributed by atoms with Gasteiger partial charge in [-0.05, 0) is 25.0 Å². The van der Waals surface area contributed by atoms with Crippen LogP contribution in [0.5, 0.6) is 0 Å². The van der Waals surface area contributed by atoms with Gasteiger partial charge in [0, 0.05) is 11.8 Å². The molecular weight excluding hydrogens is 286 g/mol. The maximum atomic E-state index is 10.8. The number of oxazole rings is 1. The second-order valence-electron chi connectivity index (χ2n) is 5.38. The zero-order chi connectivity index (χ0) is 15.5. The molecule has 2 heterocycles. The number of aliphatic hydroxyl groups is 1. The fourth-order valence-corrected chi connectivity index (χ4v) is 2.62. The summed E-state index contributed by atoms with van der Waals surface area (Å²) < 4.78 is 5.18. The van der Waals surface area contributed by atoms with Gasteiger partial charge in [0.1, 0.15) is 12.1 Å². The van der Waals surface area contributed by atoms with Crippen LogP contribution in [0, 0.1) is 0 Å². The van der Waals surface area contributed by atoms with Gasteiger partial charge in [-0.25, -0.2) is 14.8 Å². The molecule has 3 N–H and O–H groups in total. The Hall–Kier alpha value is -2.41. The highest BCUT2D eigenvalue weighted by atomic mass is 16.4. The predicted octanol–water partition coefficient (Wildman–Crippen LogP) is 2.15. The quantitative estimate of drug-likeness (QED) is 0.794. The standard InChI is InChI=1S/C15H17N3O4/c19-12-4-2-1-3-10(12)17-13-7-9(5-6-16-13)14-18-11(8-22-14)15(20)21/h5-8,10,12,19H,1-4H2,(H,16,17)(H,20,21)/t10-,12-/m0/s1. The van der Waals surface area contributed by atoms with E-state index in [1.54, 1.807) is 18.3 Å². The van der Waals surface area contributed by atoms with Crippen molar-refractivity contribution in [2.24, 2.45) is 0 Å². The second-order valence-corrected chi connectivity index (χ2v) is 5.38. The Bertz CT molecular complexity index is 670. The van der Waals surface area contributed by atoms with Crippen LogP contribution in [0.25, 0.3) is 11.5 Å². The molecule has 2 aromatic heterocycles. The van der Waals surface area contributed by atoms with E-state index < -0.39 is 5.97 Å². The molecular formula is C15H17N3O4. The Morgan fingerprint density at radius 2 is 2.18 bits per heavy atom. The first-order chi connectivity index (χ1) is 10.6. The molecule has 0 radical (unpaired) electrons. The molecule has 0 aliphatic heterocycles. The minimum Gasteiger partial charge on any atom is -0.476 e. The average Bonchev–Trinajstić information content (AvgIpc) is 3.00. The Kier molecular flexibility index (Phi) is 4.06. The van der Waals surface area contributed by atoms with Gasteiger partial charge in [0.2, 0.25) is 5.89 Å². The first kappa shape index (κ1) is 14.5. The molecule has 2 aromatic rings. The van der Waals surface area contributed by atoms with Crippen LogP contribution in [-0.4, -0.2) is 38.3 Å². The first-order valence-corrected chi connectivity index (χ1v) is 7.23. The van der Waals surface area contributed by atoms with Crippen molar-refractivity contribution >= 4 is 11.8 Å². The minimum atomic E-state index is -1.13. The Morgan fingerprint density at radius 1 is 1.36 bits per heavy atom. The molecule has 0 bridgehead atoms. The lowest BCUT2D eigenvalue weighted by molar-refractivity contribution is 0.0690. The summed E-state index contributed by atoms with van der Waals surface area (Å²) >= 11 is 0. The van der Waals surface area contributed by atoms with E-state index >= 15 is 0 Å². The highest BCUT2D eigenvalue weighted by molar-refractivity contribution is 5.85. The van der Waals surface area contributed by atoms with Crippen LogP contribution >= 0.6 is 0 Å². The van der Waals surface area contributed by atoms with E-state index in [0.717, 1.165) is 31.9 Å². The third-order valence-electron chi connectivity index (χ3n) is 3.79. The van der Waals surface area contributed by atoms with Crippen LogP contribution in [0.4, 0.5) is 5.82 Å². The third kappa shape index (κ3) is 3.09. The molecule has 2 atom stereocenters. The summed E-state index contributed by atoms with van der Waals surface area (Å²) in [5.41, 5.74) is 0.499. The van der Waals surface area contributed by atoms with Crippen LogP contribution < -0.4 is 5.32 Å². The molecule has 1 fully saturated rings. The fourth-order valence-electron chi connectivity index (χ4n) is 2.62. The number of carboxylic acids is 1. The molecule has 0 amide bonds. The van der Waals surface area contributed by atoms with Crippen molar-refractivity contribution in [2.75, 3.05) is 5.32 Å². The number of hydrogen-bond acceptors (Lipinski definition) is 6. The number of nitrogens with zero attached hydrogens (tertiary/aromatic N) is 2. The van der Waals surface area contributed by atoms with Crippen molar-refractivity contribution in [2.45, 2.75) is 37.8 Å². The summed E-state index contributed by atoms with van der Waals surface area (Å²) in [5.74, 6) is -0.293. The van der Waals surface area contributed by atoms with Gasteiger partial charge >= 0.3 is 5.97 Å². The molecule has 1 aliphatic carbocycles. The summed E-state index contributed by atoms with van der Waals surface area (Å²) in [4.78, 5) is 19.0. The summed E-state index contributed by atoms with van der Waals surface area (Å²) in [6.07, 6.45) is 6.14. The topological polar surface area (TPSA) is 108 Å². The SMILES string of the molecule is O=C(O)c1coc(-c2ccnc(N[C@H]3CCCC[C@@H]3O)c2)n1. The van der Waals surface area contributed by atoms with Crippen molar-refractivity contribution in [3.63, 3.8) is 0 Å². The zero-order valence-corrected chi connectivity index (χ0v) is 11.9. The summed E-state index contributed by atoms with van der Waals surface area (Å²) in [6.45, 7) is 0. The molecule has 0 aromatic carbocycles.